The molecule has 3 heterocycles. The molecule has 1 N–H and O–H groups in total. The number of nitrogens with zero attached hydrogens (tertiary/aromatic N) is 3. The van der Waals surface area contributed by atoms with Crippen molar-refractivity contribution >= 4 is 17.4 Å². The number of hydrogen-bond acceptors (Lipinski definition) is 5. The highest BCUT2D eigenvalue weighted by Crippen LogP contribution is 2.25. The van der Waals surface area contributed by atoms with E-state index in [1.54, 1.807) is 18.3 Å². The molecule has 6 nitrogen and oxygen atoms in total. The van der Waals surface area contributed by atoms with Crippen LogP contribution in [0.1, 0.15) is 35.9 Å². The van der Waals surface area contributed by atoms with E-state index in [9.17, 15) is 9.18 Å². The van der Waals surface area contributed by atoms with Crippen LogP contribution in [-0.4, -0.2) is 40.5 Å². The average Bonchev–Trinajstić information content (AvgIpc) is 2.81. The zero-order valence-electron chi connectivity index (χ0n) is 18.1. The number of aromatic nitrogens is 2. The van der Waals surface area contributed by atoms with Crippen LogP contribution in [0.2, 0.25) is 0 Å². The summed E-state index contributed by atoms with van der Waals surface area (Å²) in [6, 6.07) is 16.1. The SMILES string of the molecule is Cc1cc(Nc2ccccn2)cc([C@H]2CN(C(=O)CCCc3ccc(F)cc3)CCO2)n1. The summed E-state index contributed by atoms with van der Waals surface area (Å²) in [4.78, 5) is 23.6. The van der Waals surface area contributed by atoms with E-state index in [1.165, 1.54) is 12.1 Å². The van der Waals surface area contributed by atoms with Gasteiger partial charge < -0.3 is 15.0 Å². The predicted octanol–water partition coefficient (Wildman–Crippen LogP) is 4.59. The van der Waals surface area contributed by atoms with Gasteiger partial charge in [0.25, 0.3) is 0 Å². The summed E-state index contributed by atoms with van der Waals surface area (Å²) >= 11 is 0. The highest BCUT2D eigenvalue weighted by atomic mass is 19.1. The number of amides is 1. The largest absolute Gasteiger partial charge is 0.368 e. The number of anilines is 2. The minimum Gasteiger partial charge on any atom is -0.368 e. The molecule has 4 rings (SSSR count). The van der Waals surface area contributed by atoms with E-state index in [4.69, 9.17) is 4.74 Å². The fourth-order valence-electron chi connectivity index (χ4n) is 3.82. The summed E-state index contributed by atoms with van der Waals surface area (Å²) < 4.78 is 19.0. The average molecular weight is 435 g/mol. The monoisotopic (exact) mass is 434 g/mol. The maximum absolute atomic E-state index is 13.0. The number of hydrogen-bond donors (Lipinski definition) is 1. The maximum Gasteiger partial charge on any atom is 0.222 e. The topological polar surface area (TPSA) is 67.4 Å². The molecule has 0 unspecified atom stereocenters. The van der Waals surface area contributed by atoms with Crippen LogP contribution in [0.25, 0.3) is 0 Å². The van der Waals surface area contributed by atoms with E-state index in [0.717, 1.165) is 41.3 Å². The first-order valence-corrected chi connectivity index (χ1v) is 10.9. The number of pyridine rings is 2. The van der Waals surface area contributed by atoms with Crippen LogP contribution in [-0.2, 0) is 16.0 Å². The fourth-order valence-corrected chi connectivity index (χ4v) is 3.82. The van der Waals surface area contributed by atoms with Gasteiger partial charge in [-0.2, -0.15) is 0 Å². The molecule has 1 aliphatic rings. The van der Waals surface area contributed by atoms with E-state index in [2.05, 4.69) is 15.3 Å². The highest BCUT2D eigenvalue weighted by molar-refractivity contribution is 5.76. The predicted molar refractivity (Wildman–Crippen MR) is 121 cm³/mol. The minimum absolute atomic E-state index is 0.111. The quantitative estimate of drug-likeness (QED) is 0.589. The van der Waals surface area contributed by atoms with Crippen LogP contribution in [0.5, 0.6) is 0 Å². The molecule has 3 aromatic rings. The Balaban J connectivity index is 1.35. The lowest BCUT2D eigenvalue weighted by Gasteiger charge is -2.33. The van der Waals surface area contributed by atoms with Gasteiger partial charge in [-0.05, 0) is 61.7 Å². The number of aryl methyl sites for hydroxylation is 2. The lowest BCUT2D eigenvalue weighted by atomic mass is 10.1. The standard InChI is InChI=1S/C25H27FN4O2/c1-18-15-21(29-24-6-2-3-12-27-24)16-22(28-18)23-17-30(13-14-32-23)25(31)7-4-5-19-8-10-20(26)11-9-19/h2-3,6,8-12,15-16,23H,4-5,7,13-14,17H2,1H3,(H,27,28,29)/t23-/m1/s1. The van der Waals surface area contributed by atoms with Crippen molar-refractivity contribution in [2.24, 2.45) is 0 Å². The van der Waals surface area contributed by atoms with Crippen LogP contribution in [0, 0.1) is 12.7 Å². The van der Waals surface area contributed by atoms with Gasteiger partial charge in [-0.15, -0.1) is 0 Å². The number of rotatable bonds is 7. The molecule has 0 radical (unpaired) electrons. The molecule has 7 heteroatoms. The number of nitrogens with one attached hydrogen (secondary N) is 1. The molecular formula is C25H27FN4O2. The Hall–Kier alpha value is -3.32. The molecule has 0 bridgehead atoms. The fraction of sp³-hybridized carbons (Fsp3) is 0.320. The Kier molecular flexibility index (Phi) is 7.07. The van der Waals surface area contributed by atoms with Crippen LogP contribution in [0.4, 0.5) is 15.9 Å². The van der Waals surface area contributed by atoms with Crippen molar-refractivity contribution in [2.45, 2.75) is 32.3 Å². The molecule has 1 fully saturated rings. The second-order valence-electron chi connectivity index (χ2n) is 7.94. The van der Waals surface area contributed by atoms with Crippen molar-refractivity contribution in [1.29, 1.82) is 0 Å². The molecule has 1 amide bonds. The summed E-state index contributed by atoms with van der Waals surface area (Å²) in [6.07, 6.45) is 3.41. The number of carbonyl (C=O) groups excluding carboxylic acids is 1. The normalized spacial score (nSPS) is 16.1. The van der Waals surface area contributed by atoms with Crippen molar-refractivity contribution < 1.29 is 13.9 Å². The van der Waals surface area contributed by atoms with Crippen molar-refractivity contribution in [2.75, 3.05) is 25.0 Å². The van der Waals surface area contributed by atoms with Crippen LogP contribution in [0.3, 0.4) is 0 Å². The summed E-state index contributed by atoms with van der Waals surface area (Å²) in [5, 5.41) is 3.29. The van der Waals surface area contributed by atoms with Crippen LogP contribution < -0.4 is 5.32 Å². The molecule has 1 atom stereocenters. The Morgan fingerprint density at radius 3 is 2.84 bits per heavy atom. The Morgan fingerprint density at radius 2 is 2.06 bits per heavy atom. The lowest BCUT2D eigenvalue weighted by Crippen LogP contribution is -2.42. The summed E-state index contributed by atoms with van der Waals surface area (Å²) in [5.41, 5.74) is 3.59. The first kappa shape index (κ1) is 21.9. The van der Waals surface area contributed by atoms with Gasteiger partial charge in [-0.25, -0.2) is 9.37 Å². The molecule has 1 aliphatic heterocycles. The Morgan fingerprint density at radius 1 is 1.22 bits per heavy atom. The van der Waals surface area contributed by atoms with Crippen molar-refractivity contribution in [1.82, 2.24) is 14.9 Å². The first-order chi connectivity index (χ1) is 15.6. The number of benzene rings is 1. The van der Waals surface area contributed by atoms with E-state index in [0.29, 0.717) is 26.1 Å². The molecule has 1 aromatic carbocycles. The van der Waals surface area contributed by atoms with Gasteiger partial charge in [0.15, 0.2) is 0 Å². The lowest BCUT2D eigenvalue weighted by molar-refractivity contribution is -0.139. The molecule has 1 saturated heterocycles. The summed E-state index contributed by atoms with van der Waals surface area (Å²) in [6.45, 7) is 3.48. The van der Waals surface area contributed by atoms with Crippen molar-refractivity contribution in [3.63, 3.8) is 0 Å². The molecule has 32 heavy (non-hydrogen) atoms. The maximum atomic E-state index is 13.0. The second kappa shape index (κ2) is 10.3. The Labute approximate surface area is 187 Å². The Bertz CT molecular complexity index is 1040. The van der Waals surface area contributed by atoms with E-state index < -0.39 is 0 Å². The zero-order valence-corrected chi connectivity index (χ0v) is 18.1. The summed E-state index contributed by atoms with van der Waals surface area (Å²) in [5.74, 6) is 0.624. The van der Waals surface area contributed by atoms with E-state index in [-0.39, 0.29) is 17.8 Å². The number of morpholine rings is 1. The van der Waals surface area contributed by atoms with Gasteiger partial charge in [-0.1, -0.05) is 18.2 Å². The van der Waals surface area contributed by atoms with Gasteiger partial charge in [0.05, 0.1) is 18.8 Å². The second-order valence-corrected chi connectivity index (χ2v) is 7.94. The van der Waals surface area contributed by atoms with Gasteiger partial charge in [0.1, 0.15) is 17.7 Å². The third-order valence-electron chi connectivity index (χ3n) is 5.43. The number of ether oxygens (including phenoxy) is 1. The molecule has 0 saturated carbocycles. The molecule has 0 aliphatic carbocycles. The van der Waals surface area contributed by atoms with Gasteiger partial charge in [-0.3, -0.25) is 9.78 Å². The third-order valence-corrected chi connectivity index (χ3v) is 5.43. The van der Waals surface area contributed by atoms with Gasteiger partial charge >= 0.3 is 0 Å². The van der Waals surface area contributed by atoms with Crippen molar-refractivity contribution in [3.05, 3.63) is 83.6 Å². The summed E-state index contributed by atoms with van der Waals surface area (Å²) in [7, 11) is 0. The first-order valence-electron chi connectivity index (χ1n) is 10.9. The van der Waals surface area contributed by atoms with Crippen molar-refractivity contribution in [3.8, 4) is 0 Å². The molecule has 2 aromatic heterocycles. The number of carbonyl (C=O) groups is 1. The van der Waals surface area contributed by atoms with Gasteiger partial charge in [0.2, 0.25) is 5.91 Å². The molecular weight excluding hydrogens is 407 g/mol. The minimum atomic E-state index is -0.269. The van der Waals surface area contributed by atoms with E-state index >= 15 is 0 Å². The molecule has 0 spiro atoms. The van der Waals surface area contributed by atoms with Crippen LogP contribution in [0.15, 0.2) is 60.8 Å². The van der Waals surface area contributed by atoms with Gasteiger partial charge in [0, 0.05) is 30.5 Å². The molecule has 166 valence electrons. The number of halogens is 1. The van der Waals surface area contributed by atoms with E-state index in [1.807, 2.05) is 42.2 Å². The third kappa shape index (κ3) is 5.88. The smallest absolute Gasteiger partial charge is 0.222 e. The zero-order chi connectivity index (χ0) is 22.3. The highest BCUT2D eigenvalue weighted by Gasteiger charge is 2.26. The van der Waals surface area contributed by atoms with Crippen LogP contribution >= 0.6 is 0 Å².